The van der Waals surface area contributed by atoms with Gasteiger partial charge in [0, 0.05) is 37.4 Å². The van der Waals surface area contributed by atoms with Crippen LogP contribution in [0.5, 0.6) is 0 Å². The highest BCUT2D eigenvalue weighted by molar-refractivity contribution is 5.80. The van der Waals surface area contributed by atoms with Gasteiger partial charge in [0.15, 0.2) is 5.82 Å². The summed E-state index contributed by atoms with van der Waals surface area (Å²) in [5, 5.41) is 4.53. The van der Waals surface area contributed by atoms with Crippen LogP contribution in [-0.4, -0.2) is 37.5 Å². The van der Waals surface area contributed by atoms with E-state index >= 15 is 0 Å². The Morgan fingerprint density at radius 1 is 1.12 bits per heavy atom. The molecule has 1 atom stereocenters. The second kappa shape index (κ2) is 8.31. The number of pyridine rings is 1. The van der Waals surface area contributed by atoms with E-state index in [-0.39, 0.29) is 11.6 Å². The zero-order valence-corrected chi connectivity index (χ0v) is 18.7. The van der Waals surface area contributed by atoms with Gasteiger partial charge in [-0.15, -0.1) is 0 Å². The van der Waals surface area contributed by atoms with E-state index in [0.717, 1.165) is 48.6 Å². The molecule has 32 heavy (non-hydrogen) atoms. The maximum atomic E-state index is 12.2. The fourth-order valence-electron chi connectivity index (χ4n) is 4.55. The highest BCUT2D eigenvalue weighted by Crippen LogP contribution is 2.33. The van der Waals surface area contributed by atoms with Crippen molar-refractivity contribution in [1.29, 1.82) is 0 Å². The average Bonchev–Trinajstić information content (AvgIpc) is 3.21. The Morgan fingerprint density at radius 3 is 2.59 bits per heavy atom. The quantitative estimate of drug-likeness (QED) is 0.490. The lowest BCUT2D eigenvalue weighted by Crippen LogP contribution is -2.22. The average molecular weight is 430 g/mol. The first-order valence-corrected chi connectivity index (χ1v) is 11.1. The molecule has 0 spiro atoms. The van der Waals surface area contributed by atoms with Crippen molar-refractivity contribution in [3.8, 4) is 11.5 Å². The van der Waals surface area contributed by atoms with Gasteiger partial charge in [-0.2, -0.15) is 5.10 Å². The zero-order chi connectivity index (χ0) is 22.2. The molecular weight excluding hydrogens is 402 g/mol. The highest BCUT2D eigenvalue weighted by atomic mass is 16.5. The van der Waals surface area contributed by atoms with Gasteiger partial charge in [-0.1, -0.05) is 30.3 Å². The fourth-order valence-corrected chi connectivity index (χ4v) is 4.55. The molecule has 1 aliphatic heterocycles. The van der Waals surface area contributed by atoms with Gasteiger partial charge in [0.1, 0.15) is 11.2 Å². The van der Waals surface area contributed by atoms with Crippen molar-refractivity contribution in [2.75, 3.05) is 13.2 Å². The van der Waals surface area contributed by atoms with E-state index < -0.39 is 0 Å². The van der Waals surface area contributed by atoms with E-state index in [1.54, 1.807) is 7.05 Å². The van der Waals surface area contributed by atoms with E-state index in [2.05, 4.69) is 34.8 Å². The minimum atomic E-state index is -0.101. The number of hydrogen-bond donors (Lipinski definition) is 0. The number of ether oxygens (including phenoxy) is 1. The van der Waals surface area contributed by atoms with Crippen molar-refractivity contribution in [3.05, 3.63) is 75.8 Å². The Balaban J connectivity index is 1.73. The van der Waals surface area contributed by atoms with Crippen molar-refractivity contribution in [2.24, 2.45) is 7.05 Å². The minimum Gasteiger partial charge on any atom is -0.381 e. The van der Waals surface area contributed by atoms with Crippen LogP contribution < -0.4 is 5.56 Å². The second-order valence-electron chi connectivity index (χ2n) is 8.52. The third kappa shape index (κ3) is 3.62. The molecule has 1 fully saturated rings. The van der Waals surface area contributed by atoms with Crippen molar-refractivity contribution in [3.63, 3.8) is 0 Å². The van der Waals surface area contributed by atoms with Crippen LogP contribution >= 0.6 is 0 Å². The fraction of sp³-hybridized carbons (Fsp3) is 0.360. The largest absolute Gasteiger partial charge is 0.381 e. The lowest BCUT2D eigenvalue weighted by molar-refractivity contribution is 0.0845. The van der Waals surface area contributed by atoms with E-state index in [1.807, 2.05) is 37.4 Å². The van der Waals surface area contributed by atoms with Crippen molar-refractivity contribution < 1.29 is 4.74 Å². The van der Waals surface area contributed by atoms with Crippen LogP contribution in [0.25, 0.3) is 22.6 Å². The van der Waals surface area contributed by atoms with Gasteiger partial charge in [0.25, 0.3) is 5.56 Å². The maximum Gasteiger partial charge on any atom is 0.269 e. The molecular formula is C25H27N5O2. The van der Waals surface area contributed by atoms with Crippen LogP contribution in [0.15, 0.2) is 53.5 Å². The van der Waals surface area contributed by atoms with E-state index in [0.29, 0.717) is 17.2 Å². The number of imidazole rings is 1. The summed E-state index contributed by atoms with van der Waals surface area (Å²) in [4.78, 5) is 21.9. The standard InChI is InChI=1S/C25H27N5O2/c1-16-13-21(28-29(3)25(16)31)24-27-22-15-26-20(19-9-11-32-12-10-19)14-23(22)30(24)17(2)18-7-5-4-6-8-18/h4-8,13-15,17,19H,9-12H2,1-3H3. The van der Waals surface area contributed by atoms with Crippen LogP contribution in [0.3, 0.4) is 0 Å². The molecule has 0 radical (unpaired) electrons. The first kappa shape index (κ1) is 20.6. The molecule has 4 heterocycles. The van der Waals surface area contributed by atoms with Crippen LogP contribution in [-0.2, 0) is 11.8 Å². The molecule has 7 heteroatoms. The maximum absolute atomic E-state index is 12.2. The minimum absolute atomic E-state index is 0.0282. The van der Waals surface area contributed by atoms with Gasteiger partial charge in [0.05, 0.1) is 17.8 Å². The number of benzene rings is 1. The SMILES string of the molecule is Cc1cc(-c2nc3cnc(C4CCOCC4)cc3n2C(C)c2ccccc2)nn(C)c1=O. The molecule has 0 bridgehead atoms. The van der Waals surface area contributed by atoms with Crippen molar-refractivity contribution in [2.45, 2.75) is 38.6 Å². The molecule has 7 nitrogen and oxygen atoms in total. The summed E-state index contributed by atoms with van der Waals surface area (Å²) >= 11 is 0. The smallest absolute Gasteiger partial charge is 0.269 e. The molecule has 0 N–H and O–H groups in total. The Hall–Kier alpha value is -3.32. The number of fused-ring (bicyclic) bond motifs is 1. The predicted molar refractivity (Wildman–Crippen MR) is 124 cm³/mol. The van der Waals surface area contributed by atoms with E-state index in [9.17, 15) is 4.79 Å². The third-order valence-corrected chi connectivity index (χ3v) is 6.38. The summed E-state index contributed by atoms with van der Waals surface area (Å²) in [5.41, 5.74) is 5.34. The van der Waals surface area contributed by atoms with Gasteiger partial charge in [-0.05, 0) is 44.4 Å². The van der Waals surface area contributed by atoms with Gasteiger partial charge in [-0.3, -0.25) is 9.78 Å². The molecule has 1 saturated heterocycles. The van der Waals surface area contributed by atoms with Crippen LogP contribution in [0.4, 0.5) is 0 Å². The Labute approximate surface area is 186 Å². The van der Waals surface area contributed by atoms with E-state index in [4.69, 9.17) is 14.7 Å². The monoisotopic (exact) mass is 429 g/mol. The molecule has 1 aliphatic rings. The molecule has 0 aliphatic carbocycles. The zero-order valence-electron chi connectivity index (χ0n) is 18.7. The summed E-state index contributed by atoms with van der Waals surface area (Å²) in [7, 11) is 1.68. The third-order valence-electron chi connectivity index (χ3n) is 6.38. The first-order valence-electron chi connectivity index (χ1n) is 11.1. The molecule has 4 aromatic rings. The number of rotatable bonds is 4. The Morgan fingerprint density at radius 2 is 1.88 bits per heavy atom. The first-order chi connectivity index (χ1) is 15.5. The molecule has 164 valence electrons. The van der Waals surface area contributed by atoms with Gasteiger partial charge in [-0.25, -0.2) is 9.67 Å². The number of aryl methyl sites for hydroxylation is 2. The molecule has 0 saturated carbocycles. The van der Waals surface area contributed by atoms with Gasteiger partial charge in [0.2, 0.25) is 0 Å². The summed E-state index contributed by atoms with van der Waals surface area (Å²) in [6, 6.07) is 14.4. The summed E-state index contributed by atoms with van der Waals surface area (Å²) in [6.45, 7) is 5.53. The van der Waals surface area contributed by atoms with Gasteiger partial charge < -0.3 is 9.30 Å². The topological polar surface area (TPSA) is 74.8 Å². The highest BCUT2D eigenvalue weighted by Gasteiger charge is 2.23. The summed E-state index contributed by atoms with van der Waals surface area (Å²) in [5.74, 6) is 1.13. The lowest BCUT2D eigenvalue weighted by atomic mass is 9.96. The van der Waals surface area contributed by atoms with Crippen molar-refractivity contribution in [1.82, 2.24) is 24.3 Å². The van der Waals surface area contributed by atoms with E-state index in [1.165, 1.54) is 10.2 Å². The second-order valence-corrected chi connectivity index (χ2v) is 8.52. The van der Waals surface area contributed by atoms with Gasteiger partial charge >= 0.3 is 0 Å². The molecule has 5 rings (SSSR count). The predicted octanol–water partition coefficient (Wildman–Crippen LogP) is 4.00. The molecule has 0 amide bonds. The number of nitrogens with zero attached hydrogens (tertiary/aromatic N) is 5. The normalized spacial score (nSPS) is 15.8. The number of hydrogen-bond acceptors (Lipinski definition) is 5. The Kier molecular flexibility index (Phi) is 5.35. The van der Waals surface area contributed by atoms with Crippen LogP contribution in [0, 0.1) is 6.92 Å². The molecule has 1 aromatic carbocycles. The lowest BCUT2D eigenvalue weighted by Gasteiger charge is -2.22. The molecule has 1 unspecified atom stereocenters. The van der Waals surface area contributed by atoms with Crippen LogP contribution in [0.2, 0.25) is 0 Å². The Bertz CT molecular complexity index is 1290. The van der Waals surface area contributed by atoms with Crippen LogP contribution in [0.1, 0.15) is 48.5 Å². The summed E-state index contributed by atoms with van der Waals surface area (Å²) in [6.07, 6.45) is 3.83. The molecule has 3 aromatic heterocycles. The van der Waals surface area contributed by atoms with Crippen molar-refractivity contribution >= 4 is 11.0 Å². The summed E-state index contributed by atoms with van der Waals surface area (Å²) < 4.78 is 9.15. The number of aromatic nitrogens is 5.